The maximum absolute atomic E-state index is 12.2. The number of carbonyl (C=O) groups excluding carboxylic acids is 2. The fourth-order valence-corrected chi connectivity index (χ4v) is 2.52. The molecule has 5 nitrogen and oxygen atoms in total. The summed E-state index contributed by atoms with van der Waals surface area (Å²) in [6.07, 6.45) is 3.07. The van der Waals surface area contributed by atoms with E-state index in [9.17, 15) is 9.59 Å². The summed E-state index contributed by atoms with van der Waals surface area (Å²) in [5, 5.41) is 6.58. The van der Waals surface area contributed by atoms with Crippen LogP contribution in [0.5, 0.6) is 0 Å². The number of para-hydroxylation sites is 1. The molecule has 2 aromatic carbocycles. The van der Waals surface area contributed by atoms with Gasteiger partial charge in [-0.15, -0.1) is 0 Å². The number of carbonyl (C=O) groups is 2. The second-order valence-corrected chi connectivity index (χ2v) is 5.67. The van der Waals surface area contributed by atoms with E-state index in [0.29, 0.717) is 0 Å². The van der Waals surface area contributed by atoms with Crippen LogP contribution in [0.3, 0.4) is 0 Å². The molecule has 0 aliphatic heterocycles. The highest BCUT2D eigenvalue weighted by Crippen LogP contribution is 2.22. The average Bonchev–Trinajstić information content (AvgIpc) is 2.63. The normalized spacial score (nSPS) is 10.7. The van der Waals surface area contributed by atoms with Crippen molar-refractivity contribution in [1.82, 2.24) is 5.43 Å². The van der Waals surface area contributed by atoms with E-state index in [1.165, 1.54) is 6.21 Å². The minimum atomic E-state index is -0.794. The highest BCUT2D eigenvalue weighted by Gasteiger charge is 2.16. The van der Waals surface area contributed by atoms with Gasteiger partial charge in [-0.1, -0.05) is 56.3 Å². The Hall–Kier alpha value is -2.95. The van der Waals surface area contributed by atoms with Gasteiger partial charge in [0.25, 0.3) is 0 Å². The predicted molar refractivity (Wildman–Crippen MR) is 101 cm³/mol. The van der Waals surface area contributed by atoms with Gasteiger partial charge in [0.05, 0.1) is 6.21 Å². The van der Waals surface area contributed by atoms with E-state index >= 15 is 0 Å². The summed E-state index contributed by atoms with van der Waals surface area (Å²) >= 11 is 0. The minimum absolute atomic E-state index is 0.718. The predicted octanol–water partition coefficient (Wildman–Crippen LogP) is 3.21. The van der Waals surface area contributed by atoms with Gasteiger partial charge in [0.2, 0.25) is 0 Å². The van der Waals surface area contributed by atoms with E-state index in [-0.39, 0.29) is 0 Å². The lowest BCUT2D eigenvalue weighted by molar-refractivity contribution is -0.136. The van der Waals surface area contributed by atoms with Gasteiger partial charge in [0.1, 0.15) is 0 Å². The zero-order valence-corrected chi connectivity index (χ0v) is 14.8. The number of anilines is 1. The first-order valence-electron chi connectivity index (χ1n) is 8.37. The summed E-state index contributed by atoms with van der Waals surface area (Å²) in [7, 11) is 0. The van der Waals surface area contributed by atoms with Crippen LogP contribution in [0.15, 0.2) is 47.6 Å². The molecule has 0 heterocycles. The Morgan fingerprint density at radius 2 is 1.60 bits per heavy atom. The molecule has 0 atom stereocenters. The fraction of sp³-hybridized carbons (Fsp3) is 0.250. The van der Waals surface area contributed by atoms with Crippen LogP contribution >= 0.6 is 0 Å². The number of hydrogen-bond acceptors (Lipinski definition) is 3. The quantitative estimate of drug-likeness (QED) is 0.500. The first-order chi connectivity index (χ1) is 12.1. The Morgan fingerprint density at radius 3 is 2.20 bits per heavy atom. The van der Waals surface area contributed by atoms with Gasteiger partial charge in [-0.2, -0.15) is 5.10 Å². The van der Waals surface area contributed by atoms with Gasteiger partial charge < -0.3 is 5.32 Å². The highest BCUT2D eigenvalue weighted by molar-refractivity contribution is 6.39. The van der Waals surface area contributed by atoms with Crippen LogP contribution in [0.1, 0.15) is 36.1 Å². The third-order valence-corrected chi connectivity index (χ3v) is 4.00. The Balaban J connectivity index is 2.04. The van der Waals surface area contributed by atoms with Crippen molar-refractivity contribution in [1.29, 1.82) is 0 Å². The summed E-state index contributed by atoms with van der Waals surface area (Å²) in [6, 6.07) is 13.5. The number of aryl methyl sites for hydroxylation is 3. The van der Waals surface area contributed by atoms with Crippen LogP contribution in [0.25, 0.3) is 0 Å². The van der Waals surface area contributed by atoms with Crippen molar-refractivity contribution in [2.24, 2.45) is 5.10 Å². The molecule has 0 aromatic heterocycles. The van der Waals surface area contributed by atoms with Gasteiger partial charge in [0.15, 0.2) is 0 Å². The Bertz CT molecular complexity index is 775. The Kier molecular flexibility index (Phi) is 6.46. The Morgan fingerprint density at radius 1 is 0.960 bits per heavy atom. The van der Waals surface area contributed by atoms with Crippen LogP contribution in [0, 0.1) is 6.92 Å². The molecule has 0 unspecified atom stereocenters. The molecule has 0 radical (unpaired) electrons. The monoisotopic (exact) mass is 337 g/mol. The van der Waals surface area contributed by atoms with Gasteiger partial charge in [0, 0.05) is 5.69 Å². The molecule has 0 saturated heterocycles. The number of benzene rings is 2. The summed E-state index contributed by atoms with van der Waals surface area (Å²) in [5.41, 5.74) is 6.92. The molecule has 5 heteroatoms. The van der Waals surface area contributed by atoms with E-state index in [0.717, 1.165) is 40.8 Å². The number of amides is 2. The number of rotatable bonds is 5. The van der Waals surface area contributed by atoms with Crippen molar-refractivity contribution >= 4 is 23.7 Å². The molecule has 2 rings (SSSR count). The number of nitrogens with one attached hydrogen (secondary N) is 2. The maximum atomic E-state index is 12.2. The third-order valence-electron chi connectivity index (χ3n) is 4.00. The summed E-state index contributed by atoms with van der Waals surface area (Å²) < 4.78 is 0. The van der Waals surface area contributed by atoms with E-state index in [4.69, 9.17) is 0 Å². The maximum Gasteiger partial charge on any atom is 0.329 e. The highest BCUT2D eigenvalue weighted by atomic mass is 16.2. The fourth-order valence-electron chi connectivity index (χ4n) is 2.52. The van der Waals surface area contributed by atoms with Crippen LogP contribution in [-0.4, -0.2) is 18.0 Å². The van der Waals surface area contributed by atoms with Crippen LogP contribution in [0.4, 0.5) is 5.69 Å². The molecule has 0 aliphatic rings. The SMILES string of the molecule is CCc1cccc(CC)c1NC(=O)C(=O)N/N=C\c1ccccc1C. The first kappa shape index (κ1) is 18.4. The lowest BCUT2D eigenvalue weighted by atomic mass is 10.0. The molecular weight excluding hydrogens is 314 g/mol. The second-order valence-electron chi connectivity index (χ2n) is 5.67. The van der Waals surface area contributed by atoms with Crippen molar-refractivity contribution in [2.75, 3.05) is 5.32 Å². The molecule has 130 valence electrons. The van der Waals surface area contributed by atoms with Gasteiger partial charge >= 0.3 is 11.8 Å². The summed E-state index contributed by atoms with van der Waals surface area (Å²) in [4.78, 5) is 24.1. The standard InChI is InChI=1S/C20H23N3O2/c1-4-15-11-8-12-16(5-2)18(15)22-19(24)20(25)23-21-13-17-10-7-6-9-14(17)3/h6-13H,4-5H2,1-3H3,(H,22,24)(H,23,25)/b21-13-. The van der Waals surface area contributed by atoms with E-state index < -0.39 is 11.8 Å². The molecule has 0 spiro atoms. The van der Waals surface area contributed by atoms with Crippen LogP contribution < -0.4 is 10.7 Å². The van der Waals surface area contributed by atoms with Crippen molar-refractivity contribution < 1.29 is 9.59 Å². The zero-order chi connectivity index (χ0) is 18.2. The smallest absolute Gasteiger partial charge is 0.317 e. The average molecular weight is 337 g/mol. The first-order valence-corrected chi connectivity index (χ1v) is 8.37. The topological polar surface area (TPSA) is 70.6 Å². The molecule has 2 N–H and O–H groups in total. The van der Waals surface area contributed by atoms with Gasteiger partial charge in [-0.25, -0.2) is 5.43 Å². The number of nitrogens with zero attached hydrogens (tertiary/aromatic N) is 1. The van der Waals surface area contributed by atoms with Crippen LogP contribution in [-0.2, 0) is 22.4 Å². The number of hydrazone groups is 1. The molecule has 25 heavy (non-hydrogen) atoms. The minimum Gasteiger partial charge on any atom is -0.317 e. The molecule has 0 aliphatic carbocycles. The third kappa shape index (κ3) is 4.76. The molecular formula is C20H23N3O2. The largest absolute Gasteiger partial charge is 0.329 e. The molecule has 0 bridgehead atoms. The molecule has 2 aromatic rings. The molecule has 0 saturated carbocycles. The second kappa shape index (κ2) is 8.78. The van der Waals surface area contributed by atoms with E-state index in [1.807, 2.05) is 63.2 Å². The molecule has 0 fully saturated rings. The van der Waals surface area contributed by atoms with Gasteiger partial charge in [-0.3, -0.25) is 9.59 Å². The van der Waals surface area contributed by atoms with Crippen molar-refractivity contribution in [3.63, 3.8) is 0 Å². The summed E-state index contributed by atoms with van der Waals surface area (Å²) in [6.45, 7) is 5.97. The van der Waals surface area contributed by atoms with Crippen molar-refractivity contribution in [3.8, 4) is 0 Å². The van der Waals surface area contributed by atoms with Crippen molar-refractivity contribution in [3.05, 3.63) is 64.7 Å². The lowest BCUT2D eigenvalue weighted by Crippen LogP contribution is -2.33. The zero-order valence-electron chi connectivity index (χ0n) is 14.8. The van der Waals surface area contributed by atoms with Crippen LogP contribution in [0.2, 0.25) is 0 Å². The summed E-state index contributed by atoms with van der Waals surface area (Å²) in [5.74, 6) is -1.52. The van der Waals surface area contributed by atoms with Gasteiger partial charge in [-0.05, 0) is 42.0 Å². The number of hydrogen-bond donors (Lipinski definition) is 2. The van der Waals surface area contributed by atoms with E-state index in [1.54, 1.807) is 0 Å². The van der Waals surface area contributed by atoms with Crippen molar-refractivity contribution in [2.45, 2.75) is 33.6 Å². The Labute approximate surface area is 148 Å². The van der Waals surface area contributed by atoms with E-state index in [2.05, 4.69) is 15.8 Å². The lowest BCUT2D eigenvalue weighted by Gasteiger charge is -2.13. The molecule has 2 amide bonds.